The summed E-state index contributed by atoms with van der Waals surface area (Å²) < 4.78 is 11.0. The highest BCUT2D eigenvalue weighted by Crippen LogP contribution is 2.48. The molecule has 1 heterocycles. The molecule has 1 saturated heterocycles. The van der Waals surface area contributed by atoms with Gasteiger partial charge < -0.3 is 20.1 Å². The number of rotatable bonds is 11. The highest BCUT2D eigenvalue weighted by molar-refractivity contribution is 6.38. The Morgan fingerprint density at radius 3 is 2.09 bits per heavy atom. The van der Waals surface area contributed by atoms with E-state index in [1.807, 2.05) is 106 Å². The van der Waals surface area contributed by atoms with Gasteiger partial charge in [-0.25, -0.2) is 9.59 Å². The lowest BCUT2D eigenvalue weighted by Gasteiger charge is -2.34. The van der Waals surface area contributed by atoms with Gasteiger partial charge in [0.25, 0.3) is 5.91 Å². The molecule has 3 aromatic rings. The number of ketones is 1. The molecule has 0 aliphatic carbocycles. The molecule has 0 radical (unpaired) electrons. The van der Waals surface area contributed by atoms with Gasteiger partial charge in [-0.1, -0.05) is 119 Å². The summed E-state index contributed by atoms with van der Waals surface area (Å²) in [5.74, 6) is -1.51. The zero-order valence-corrected chi connectivity index (χ0v) is 26.6. The number of amides is 3. The number of unbranched alkanes of at least 4 members (excludes halogenated alkanes) is 1. The number of alkyl carbamates (subject to hydrolysis) is 1. The predicted octanol–water partition coefficient (Wildman–Crippen LogP) is 6.60. The lowest BCUT2D eigenvalue weighted by atomic mass is 9.79. The molecule has 3 amide bonds. The van der Waals surface area contributed by atoms with Crippen LogP contribution in [0, 0.1) is 5.41 Å². The highest BCUT2D eigenvalue weighted by atomic mass is 16.6. The number of hydrogen-bond acceptors (Lipinski definition) is 6. The van der Waals surface area contributed by atoms with Gasteiger partial charge in [0.1, 0.15) is 12.1 Å². The second-order valence-electron chi connectivity index (χ2n) is 12.0. The molecule has 4 rings (SSSR count). The second-order valence-corrected chi connectivity index (χ2v) is 12.0. The SMILES string of the molecule is CCCC[C@H](NC(=O)O[C@@H]1CN(C(=O)OC)C(c2ccc(-c3ccccc3)cc2)C1(C)C)C(=O)C(=O)N[C@H](C)c1ccccc1. The normalized spacial score (nSPS) is 18.4. The maximum atomic E-state index is 13.3. The van der Waals surface area contributed by atoms with E-state index in [0.29, 0.717) is 6.42 Å². The number of Topliss-reactive ketones (excluding diaryl/α,β-unsaturated/α-hetero) is 1. The summed E-state index contributed by atoms with van der Waals surface area (Å²) in [5.41, 5.74) is 3.13. The van der Waals surface area contributed by atoms with Crippen LogP contribution in [0.1, 0.15) is 70.2 Å². The first-order valence-corrected chi connectivity index (χ1v) is 15.4. The zero-order chi connectivity index (χ0) is 32.6. The van der Waals surface area contributed by atoms with E-state index in [2.05, 4.69) is 10.6 Å². The number of nitrogens with one attached hydrogen (secondary N) is 2. The fourth-order valence-corrected chi connectivity index (χ4v) is 5.91. The number of methoxy groups -OCH3 is 1. The van der Waals surface area contributed by atoms with Crippen molar-refractivity contribution in [3.05, 3.63) is 96.1 Å². The predicted molar refractivity (Wildman–Crippen MR) is 172 cm³/mol. The van der Waals surface area contributed by atoms with Crippen LogP contribution in [0.25, 0.3) is 11.1 Å². The molecule has 2 N–H and O–H groups in total. The van der Waals surface area contributed by atoms with Crippen LogP contribution in [0.3, 0.4) is 0 Å². The van der Waals surface area contributed by atoms with E-state index in [4.69, 9.17) is 9.47 Å². The standard InChI is InChI=1S/C36H43N3O6/c1-6-7-18-29(31(40)33(41)37-24(2)25-14-10-8-11-15-25)38-34(42)45-30-23-39(35(43)44-5)32(36(30,3)4)28-21-19-27(20-22-28)26-16-12-9-13-17-26/h8-17,19-22,24,29-30,32H,6-7,18,23H2,1-5H3,(H,37,41)(H,38,42)/t24-,29+,30-,32?/m1/s1. The van der Waals surface area contributed by atoms with Crippen molar-refractivity contribution in [1.29, 1.82) is 0 Å². The maximum Gasteiger partial charge on any atom is 0.410 e. The lowest BCUT2D eigenvalue weighted by molar-refractivity contribution is -0.139. The molecule has 238 valence electrons. The third-order valence-corrected chi connectivity index (χ3v) is 8.53. The summed E-state index contributed by atoms with van der Waals surface area (Å²) in [5, 5.41) is 5.38. The van der Waals surface area contributed by atoms with Crippen LogP contribution in [0.4, 0.5) is 9.59 Å². The Morgan fingerprint density at radius 1 is 0.889 bits per heavy atom. The minimum absolute atomic E-state index is 0.0981. The Labute approximate surface area is 265 Å². The average molecular weight is 614 g/mol. The highest BCUT2D eigenvalue weighted by Gasteiger charge is 2.53. The van der Waals surface area contributed by atoms with Crippen molar-refractivity contribution in [2.24, 2.45) is 5.41 Å². The first-order valence-electron chi connectivity index (χ1n) is 15.4. The molecular formula is C36H43N3O6. The molecule has 0 saturated carbocycles. The molecule has 9 heteroatoms. The van der Waals surface area contributed by atoms with Gasteiger partial charge in [0, 0.05) is 5.41 Å². The van der Waals surface area contributed by atoms with Gasteiger partial charge in [-0.15, -0.1) is 0 Å². The van der Waals surface area contributed by atoms with E-state index in [9.17, 15) is 19.2 Å². The van der Waals surface area contributed by atoms with Gasteiger partial charge >= 0.3 is 12.2 Å². The largest absolute Gasteiger partial charge is 0.453 e. The molecule has 9 nitrogen and oxygen atoms in total. The number of hydrogen-bond donors (Lipinski definition) is 2. The summed E-state index contributed by atoms with van der Waals surface area (Å²) in [6, 6.07) is 25.4. The fourth-order valence-electron chi connectivity index (χ4n) is 5.91. The molecule has 0 spiro atoms. The van der Waals surface area contributed by atoms with Crippen LogP contribution in [0.5, 0.6) is 0 Å². The number of carbonyl (C=O) groups is 4. The molecule has 1 aliphatic heterocycles. The van der Waals surface area contributed by atoms with Crippen molar-refractivity contribution >= 4 is 23.9 Å². The van der Waals surface area contributed by atoms with E-state index in [1.165, 1.54) is 7.11 Å². The van der Waals surface area contributed by atoms with Gasteiger partial charge in [-0.2, -0.15) is 0 Å². The fraction of sp³-hybridized carbons (Fsp3) is 0.389. The molecule has 4 atom stereocenters. The van der Waals surface area contributed by atoms with E-state index in [0.717, 1.165) is 28.7 Å². The minimum Gasteiger partial charge on any atom is -0.453 e. The first-order chi connectivity index (χ1) is 21.6. The Kier molecular flexibility index (Phi) is 11.0. The Hall–Kier alpha value is -4.66. The van der Waals surface area contributed by atoms with Crippen LogP contribution in [-0.4, -0.2) is 54.6 Å². The third kappa shape index (κ3) is 7.90. The van der Waals surface area contributed by atoms with Gasteiger partial charge in [-0.05, 0) is 35.6 Å². The van der Waals surface area contributed by atoms with Crippen molar-refractivity contribution < 1.29 is 28.7 Å². The molecule has 1 aliphatic rings. The van der Waals surface area contributed by atoms with E-state index in [1.54, 1.807) is 11.8 Å². The summed E-state index contributed by atoms with van der Waals surface area (Å²) in [6.45, 7) is 7.72. The maximum absolute atomic E-state index is 13.3. The monoisotopic (exact) mass is 613 g/mol. The molecule has 1 unspecified atom stereocenters. The smallest absolute Gasteiger partial charge is 0.410 e. The topological polar surface area (TPSA) is 114 Å². The summed E-state index contributed by atoms with van der Waals surface area (Å²) >= 11 is 0. The second kappa shape index (κ2) is 14.9. The number of benzene rings is 3. The van der Waals surface area contributed by atoms with Crippen molar-refractivity contribution in [3.63, 3.8) is 0 Å². The summed E-state index contributed by atoms with van der Waals surface area (Å²) in [6.07, 6.45) is -0.384. The van der Waals surface area contributed by atoms with Crippen LogP contribution in [-0.2, 0) is 19.1 Å². The zero-order valence-electron chi connectivity index (χ0n) is 26.6. The average Bonchev–Trinajstić information content (AvgIpc) is 3.32. The molecule has 0 bridgehead atoms. The van der Waals surface area contributed by atoms with Gasteiger partial charge in [0.2, 0.25) is 5.78 Å². The molecule has 0 aromatic heterocycles. The van der Waals surface area contributed by atoms with Crippen molar-refractivity contribution in [1.82, 2.24) is 15.5 Å². The van der Waals surface area contributed by atoms with E-state index >= 15 is 0 Å². The number of likely N-dealkylation sites (tertiary alicyclic amines) is 1. The number of nitrogens with zero attached hydrogens (tertiary/aromatic N) is 1. The lowest BCUT2D eigenvalue weighted by Crippen LogP contribution is -2.49. The Balaban J connectivity index is 1.48. The number of ether oxygens (including phenoxy) is 2. The van der Waals surface area contributed by atoms with Crippen molar-refractivity contribution in [3.8, 4) is 11.1 Å². The van der Waals surface area contributed by atoms with E-state index < -0.39 is 47.5 Å². The van der Waals surface area contributed by atoms with Gasteiger partial charge in [0.15, 0.2) is 0 Å². The van der Waals surface area contributed by atoms with Crippen LogP contribution >= 0.6 is 0 Å². The van der Waals surface area contributed by atoms with Crippen molar-refractivity contribution in [2.45, 2.75) is 71.2 Å². The van der Waals surface area contributed by atoms with Gasteiger partial charge in [-0.3, -0.25) is 14.5 Å². The number of carbonyl (C=O) groups excluding carboxylic acids is 4. The Morgan fingerprint density at radius 2 is 1.49 bits per heavy atom. The molecular weight excluding hydrogens is 570 g/mol. The minimum atomic E-state index is -1.05. The summed E-state index contributed by atoms with van der Waals surface area (Å²) in [4.78, 5) is 53.9. The van der Waals surface area contributed by atoms with Crippen LogP contribution in [0.2, 0.25) is 0 Å². The third-order valence-electron chi connectivity index (χ3n) is 8.53. The quantitative estimate of drug-likeness (QED) is 0.236. The molecule has 45 heavy (non-hydrogen) atoms. The van der Waals surface area contributed by atoms with Crippen LogP contribution < -0.4 is 10.6 Å². The van der Waals surface area contributed by atoms with Crippen LogP contribution in [0.15, 0.2) is 84.9 Å². The summed E-state index contributed by atoms with van der Waals surface area (Å²) in [7, 11) is 1.32. The van der Waals surface area contributed by atoms with Gasteiger partial charge in [0.05, 0.1) is 25.7 Å². The molecule has 1 fully saturated rings. The molecule has 3 aromatic carbocycles. The van der Waals surface area contributed by atoms with E-state index in [-0.39, 0.29) is 19.0 Å². The van der Waals surface area contributed by atoms with Crippen molar-refractivity contribution in [2.75, 3.05) is 13.7 Å². The Bertz CT molecular complexity index is 1460. The first kappa shape index (κ1) is 33.2.